The van der Waals surface area contributed by atoms with Crippen molar-refractivity contribution in [1.82, 2.24) is 19.2 Å². The van der Waals surface area contributed by atoms with Gasteiger partial charge in [-0.3, -0.25) is 19.5 Å². The smallest absolute Gasteiger partial charge is 0.287 e. The lowest BCUT2D eigenvalue weighted by molar-refractivity contribution is -0.385. The summed E-state index contributed by atoms with van der Waals surface area (Å²) >= 11 is 3.49. The monoisotopic (exact) mass is 618 g/mol. The van der Waals surface area contributed by atoms with Gasteiger partial charge in [-0.1, -0.05) is 46.3 Å². The molecule has 3 aromatic carbocycles. The number of benzene rings is 3. The molecular weight excluding hydrogens is 600 g/mol. The Kier molecular flexibility index (Phi) is 6.02. The van der Waals surface area contributed by atoms with Crippen LogP contribution in [0.1, 0.15) is 11.3 Å². The minimum atomic E-state index is -0.483. The molecule has 4 aromatic heterocycles. The Bertz CT molecular complexity index is 2280. The highest BCUT2D eigenvalue weighted by atomic mass is 79.9. The van der Waals surface area contributed by atoms with Crippen LogP contribution in [0, 0.1) is 17.0 Å². The lowest BCUT2D eigenvalue weighted by Gasteiger charge is -2.08. The fourth-order valence-electron chi connectivity index (χ4n) is 5.10. The Morgan fingerprint density at radius 3 is 2.57 bits per heavy atom. The van der Waals surface area contributed by atoms with E-state index in [1.807, 2.05) is 66.1 Å². The van der Waals surface area contributed by atoms with Crippen LogP contribution < -0.4 is 5.56 Å². The molecule has 0 aliphatic carbocycles. The summed E-state index contributed by atoms with van der Waals surface area (Å²) in [5, 5.41) is 18.0. The van der Waals surface area contributed by atoms with Crippen molar-refractivity contribution in [3.8, 4) is 17.4 Å². The van der Waals surface area contributed by atoms with E-state index < -0.39 is 4.92 Å². The minimum Gasteiger partial charge on any atom is -0.453 e. The maximum Gasteiger partial charge on any atom is 0.287 e. The molecule has 0 saturated carbocycles. The van der Waals surface area contributed by atoms with E-state index in [1.54, 1.807) is 30.5 Å². The molecule has 0 fully saturated rings. The van der Waals surface area contributed by atoms with Crippen LogP contribution >= 0.6 is 15.9 Å². The third-order valence-electron chi connectivity index (χ3n) is 7.09. The standard InChI is InChI=1S/C31H19BrN6O4/c1-18-24(22-6-3-5-9-26(22)36(18)29-13-11-21(16-33-29)38(40)41)17-34-37-30(35-25-8-4-2-7-23(25)31(37)39)28-15-19-14-20(32)10-12-27(19)42-28/h2-17H,1H3. The molecule has 11 heteroatoms. The zero-order valence-electron chi connectivity index (χ0n) is 21.9. The van der Waals surface area contributed by atoms with Gasteiger partial charge < -0.3 is 4.42 Å². The third-order valence-corrected chi connectivity index (χ3v) is 7.58. The predicted molar refractivity (Wildman–Crippen MR) is 164 cm³/mol. The SMILES string of the molecule is Cc1c(C=Nn2c(-c3cc4cc(Br)ccc4o3)nc3ccccc3c2=O)c2ccccc2n1-c1ccc([N+](=O)[O-])cn1. The summed E-state index contributed by atoms with van der Waals surface area (Å²) in [6.45, 7) is 1.91. The first-order valence-corrected chi connectivity index (χ1v) is 13.6. The van der Waals surface area contributed by atoms with E-state index in [0.29, 0.717) is 28.1 Å². The van der Waals surface area contributed by atoms with E-state index in [0.717, 1.165) is 32.0 Å². The molecule has 0 unspecified atom stereocenters. The van der Waals surface area contributed by atoms with Gasteiger partial charge in [0, 0.05) is 32.6 Å². The number of nitrogens with zero attached hydrogens (tertiary/aromatic N) is 6. The third kappa shape index (κ3) is 4.18. The fourth-order valence-corrected chi connectivity index (χ4v) is 5.48. The second-order valence-corrected chi connectivity index (χ2v) is 10.5. The van der Waals surface area contributed by atoms with Crippen molar-refractivity contribution in [2.45, 2.75) is 6.92 Å². The molecule has 0 atom stereocenters. The van der Waals surface area contributed by atoms with Crippen LogP contribution in [0.4, 0.5) is 5.69 Å². The number of aromatic nitrogens is 4. The molecule has 42 heavy (non-hydrogen) atoms. The summed E-state index contributed by atoms with van der Waals surface area (Å²) in [4.78, 5) is 33.5. The lowest BCUT2D eigenvalue weighted by atomic mass is 10.1. The van der Waals surface area contributed by atoms with Crippen molar-refractivity contribution in [3.05, 3.63) is 127 Å². The van der Waals surface area contributed by atoms with Gasteiger partial charge in [-0.2, -0.15) is 9.78 Å². The van der Waals surface area contributed by atoms with Gasteiger partial charge >= 0.3 is 0 Å². The van der Waals surface area contributed by atoms with E-state index in [4.69, 9.17) is 9.40 Å². The Morgan fingerprint density at radius 2 is 1.79 bits per heavy atom. The molecule has 0 N–H and O–H groups in total. The molecule has 7 rings (SSSR count). The van der Waals surface area contributed by atoms with Gasteiger partial charge in [-0.05, 0) is 55.5 Å². The molecule has 0 amide bonds. The van der Waals surface area contributed by atoms with Gasteiger partial charge in [0.2, 0.25) is 5.82 Å². The molecule has 0 saturated heterocycles. The zero-order valence-corrected chi connectivity index (χ0v) is 23.5. The van der Waals surface area contributed by atoms with Crippen LogP contribution in [0.3, 0.4) is 0 Å². The van der Waals surface area contributed by atoms with Crippen LogP contribution in [0.2, 0.25) is 0 Å². The van der Waals surface area contributed by atoms with E-state index in [2.05, 4.69) is 26.0 Å². The van der Waals surface area contributed by atoms with E-state index >= 15 is 0 Å². The number of nitro groups is 1. The first-order valence-electron chi connectivity index (χ1n) is 12.9. The highest BCUT2D eigenvalue weighted by Crippen LogP contribution is 2.30. The number of para-hydroxylation sites is 2. The van der Waals surface area contributed by atoms with Crippen LogP contribution in [0.25, 0.3) is 50.2 Å². The minimum absolute atomic E-state index is 0.0942. The highest BCUT2D eigenvalue weighted by Gasteiger charge is 2.19. The van der Waals surface area contributed by atoms with Crippen molar-refractivity contribution in [2.24, 2.45) is 5.10 Å². The van der Waals surface area contributed by atoms with Crippen molar-refractivity contribution in [3.63, 3.8) is 0 Å². The van der Waals surface area contributed by atoms with E-state index in [1.165, 1.54) is 16.9 Å². The number of pyridine rings is 1. The molecule has 0 radical (unpaired) electrons. The molecule has 0 aliphatic rings. The first-order chi connectivity index (χ1) is 20.4. The average molecular weight is 619 g/mol. The number of rotatable bonds is 5. The van der Waals surface area contributed by atoms with Crippen LogP contribution in [0.5, 0.6) is 0 Å². The van der Waals surface area contributed by atoms with Gasteiger partial charge in [0.05, 0.1) is 27.6 Å². The molecule has 0 spiro atoms. The summed E-state index contributed by atoms with van der Waals surface area (Å²) in [5.41, 5.74) is 3.13. The van der Waals surface area contributed by atoms with Gasteiger partial charge in [-0.25, -0.2) is 9.97 Å². The second-order valence-electron chi connectivity index (χ2n) is 9.59. The van der Waals surface area contributed by atoms with Gasteiger partial charge in [0.1, 0.15) is 17.6 Å². The highest BCUT2D eigenvalue weighted by molar-refractivity contribution is 9.10. The van der Waals surface area contributed by atoms with Crippen LogP contribution in [-0.2, 0) is 0 Å². The fraction of sp³-hybridized carbons (Fsp3) is 0.0323. The quantitative estimate of drug-likeness (QED) is 0.116. The van der Waals surface area contributed by atoms with Crippen molar-refractivity contribution >= 4 is 60.6 Å². The Balaban J connectivity index is 1.42. The molecule has 0 aliphatic heterocycles. The van der Waals surface area contributed by atoms with Crippen molar-refractivity contribution in [1.29, 1.82) is 0 Å². The molecule has 7 aromatic rings. The number of hydrogen-bond acceptors (Lipinski definition) is 7. The first kappa shape index (κ1) is 25.5. The van der Waals surface area contributed by atoms with Gasteiger partial charge in [-0.15, -0.1) is 0 Å². The van der Waals surface area contributed by atoms with Crippen molar-refractivity contribution < 1.29 is 9.34 Å². The summed E-state index contributed by atoms with van der Waals surface area (Å²) in [5.74, 6) is 1.19. The predicted octanol–water partition coefficient (Wildman–Crippen LogP) is 7.01. The molecule has 4 heterocycles. The number of furan rings is 1. The summed E-state index contributed by atoms with van der Waals surface area (Å²) in [6.07, 6.45) is 2.86. The van der Waals surface area contributed by atoms with Crippen LogP contribution in [-0.4, -0.2) is 30.3 Å². The van der Waals surface area contributed by atoms with Gasteiger partial charge in [0.25, 0.3) is 11.2 Å². The van der Waals surface area contributed by atoms with E-state index in [9.17, 15) is 14.9 Å². The Hall–Kier alpha value is -5.42. The van der Waals surface area contributed by atoms with Crippen molar-refractivity contribution in [2.75, 3.05) is 0 Å². The Labute approximate surface area is 245 Å². The van der Waals surface area contributed by atoms with Crippen LogP contribution in [0.15, 0.2) is 110 Å². The number of hydrogen-bond donors (Lipinski definition) is 0. The molecular formula is C31H19BrN6O4. The number of halogens is 1. The lowest BCUT2D eigenvalue weighted by Crippen LogP contribution is -2.20. The maximum atomic E-state index is 13.8. The normalized spacial score (nSPS) is 11.8. The van der Waals surface area contributed by atoms with Gasteiger partial charge in [0.15, 0.2) is 5.76 Å². The zero-order chi connectivity index (χ0) is 29.0. The maximum absolute atomic E-state index is 13.8. The summed E-state index contributed by atoms with van der Waals surface area (Å²) in [7, 11) is 0. The largest absolute Gasteiger partial charge is 0.453 e. The second kappa shape index (κ2) is 9.89. The molecule has 0 bridgehead atoms. The summed E-state index contributed by atoms with van der Waals surface area (Å²) in [6, 6.07) is 25.3. The molecule has 10 nitrogen and oxygen atoms in total. The van der Waals surface area contributed by atoms with E-state index in [-0.39, 0.29) is 17.1 Å². The topological polar surface area (TPSA) is 121 Å². The molecule has 204 valence electrons. The average Bonchev–Trinajstić information content (AvgIpc) is 3.54. The number of fused-ring (bicyclic) bond motifs is 3. The summed E-state index contributed by atoms with van der Waals surface area (Å²) < 4.78 is 10.2. The Morgan fingerprint density at radius 1 is 1.00 bits per heavy atom.